The van der Waals surface area contributed by atoms with E-state index in [1.165, 1.54) is 6.33 Å². The average molecular weight is 248 g/mol. The molecule has 2 atom stereocenters. The highest BCUT2D eigenvalue weighted by Gasteiger charge is 2.24. The van der Waals surface area contributed by atoms with Gasteiger partial charge in [0.2, 0.25) is 0 Å². The second-order valence-electron chi connectivity index (χ2n) is 5.03. The fourth-order valence-electron chi connectivity index (χ4n) is 2.81. The number of aliphatic hydroxyl groups is 1. The summed E-state index contributed by atoms with van der Waals surface area (Å²) in [7, 11) is 0. The van der Waals surface area contributed by atoms with E-state index < -0.39 is 0 Å². The molecule has 0 spiro atoms. The van der Waals surface area contributed by atoms with Crippen molar-refractivity contribution < 1.29 is 5.11 Å². The van der Waals surface area contributed by atoms with Gasteiger partial charge in [-0.1, -0.05) is 0 Å². The lowest BCUT2D eigenvalue weighted by atomic mass is 10.1. The van der Waals surface area contributed by atoms with Crippen molar-refractivity contribution in [3.8, 4) is 0 Å². The molecule has 3 rings (SSSR count). The Morgan fingerprint density at radius 2 is 2.22 bits per heavy atom. The molecule has 6 nitrogen and oxygen atoms in total. The average Bonchev–Trinajstić information content (AvgIpc) is 2.98. The van der Waals surface area contributed by atoms with Crippen molar-refractivity contribution in [1.82, 2.24) is 19.5 Å². The molecule has 0 aromatic carbocycles. The molecule has 2 N–H and O–H groups in total. The lowest BCUT2D eigenvalue weighted by molar-refractivity contribution is 0.225. The molecule has 0 amide bonds. The highest BCUT2D eigenvalue weighted by atomic mass is 16.3. The Kier molecular flexibility index (Phi) is 2.87. The minimum absolute atomic E-state index is 0.196. The van der Waals surface area contributed by atoms with Crippen LogP contribution in [-0.2, 0) is 6.54 Å². The molecule has 0 aliphatic heterocycles. The van der Waals surface area contributed by atoms with Gasteiger partial charge in [-0.25, -0.2) is 9.97 Å². The van der Waals surface area contributed by atoms with Gasteiger partial charge in [-0.3, -0.25) is 4.79 Å². The van der Waals surface area contributed by atoms with Gasteiger partial charge in [0.05, 0.1) is 12.7 Å². The molecular formula is C12H16N4O2. The standard InChI is InChI=1S/C12H16N4O2/c17-5-9-2-1-8(3-9)4-16-7-15-10-11(16)13-6-14-12(10)18/h6-9,17H,1-5H2,(H,13,14,18)/t8-,9+/m0/s1. The molecule has 1 aliphatic carbocycles. The van der Waals surface area contributed by atoms with E-state index in [0.717, 1.165) is 25.8 Å². The number of nitrogens with zero attached hydrogens (tertiary/aromatic N) is 3. The van der Waals surface area contributed by atoms with Gasteiger partial charge in [-0.05, 0) is 31.1 Å². The van der Waals surface area contributed by atoms with Crippen molar-refractivity contribution in [2.24, 2.45) is 11.8 Å². The Labute approximate surface area is 104 Å². The molecule has 96 valence electrons. The summed E-state index contributed by atoms with van der Waals surface area (Å²) >= 11 is 0. The van der Waals surface area contributed by atoms with Crippen molar-refractivity contribution in [1.29, 1.82) is 0 Å². The number of aromatic nitrogens is 4. The molecule has 1 saturated carbocycles. The fourth-order valence-corrected chi connectivity index (χ4v) is 2.81. The van der Waals surface area contributed by atoms with E-state index in [-0.39, 0.29) is 12.2 Å². The zero-order chi connectivity index (χ0) is 12.5. The molecule has 18 heavy (non-hydrogen) atoms. The molecule has 0 radical (unpaired) electrons. The molecule has 2 aromatic heterocycles. The lowest BCUT2D eigenvalue weighted by Gasteiger charge is -2.11. The topological polar surface area (TPSA) is 83.8 Å². The number of hydrogen-bond donors (Lipinski definition) is 2. The Balaban J connectivity index is 1.83. The molecule has 1 aliphatic rings. The molecule has 0 bridgehead atoms. The molecule has 2 aromatic rings. The second-order valence-corrected chi connectivity index (χ2v) is 5.03. The number of H-pyrrole nitrogens is 1. The smallest absolute Gasteiger partial charge is 0.278 e. The first kappa shape index (κ1) is 11.4. The summed E-state index contributed by atoms with van der Waals surface area (Å²) in [5.41, 5.74) is 0.846. The number of aromatic amines is 1. The molecule has 1 fully saturated rings. The van der Waals surface area contributed by atoms with Gasteiger partial charge in [0.25, 0.3) is 5.56 Å². The Hall–Kier alpha value is -1.69. The van der Waals surface area contributed by atoms with Crippen LogP contribution in [0.5, 0.6) is 0 Å². The third-order valence-corrected chi connectivity index (χ3v) is 3.77. The molecule has 6 heteroatoms. The van der Waals surface area contributed by atoms with Gasteiger partial charge in [0.15, 0.2) is 11.2 Å². The third-order valence-electron chi connectivity index (χ3n) is 3.77. The van der Waals surface area contributed by atoms with Gasteiger partial charge >= 0.3 is 0 Å². The van der Waals surface area contributed by atoms with Gasteiger partial charge in [-0.2, -0.15) is 0 Å². The normalized spacial score (nSPS) is 23.8. The summed E-state index contributed by atoms with van der Waals surface area (Å²) in [6.07, 6.45) is 6.34. The summed E-state index contributed by atoms with van der Waals surface area (Å²) in [5, 5.41) is 9.14. The van der Waals surface area contributed by atoms with Crippen LogP contribution in [0.4, 0.5) is 0 Å². The number of nitrogens with one attached hydrogen (secondary N) is 1. The first-order chi connectivity index (χ1) is 8.78. The van der Waals surface area contributed by atoms with E-state index >= 15 is 0 Å². The molecule has 2 heterocycles. The van der Waals surface area contributed by atoms with Crippen molar-refractivity contribution in [2.75, 3.05) is 6.61 Å². The summed E-state index contributed by atoms with van der Waals surface area (Å²) in [6.45, 7) is 1.10. The highest BCUT2D eigenvalue weighted by molar-refractivity contribution is 5.68. The van der Waals surface area contributed by atoms with E-state index in [2.05, 4.69) is 15.0 Å². The number of hydrogen-bond acceptors (Lipinski definition) is 4. The number of imidazole rings is 1. The fraction of sp³-hybridized carbons (Fsp3) is 0.583. The first-order valence-electron chi connectivity index (χ1n) is 6.27. The summed E-state index contributed by atoms with van der Waals surface area (Å²) in [4.78, 5) is 22.3. The SMILES string of the molecule is O=c1[nH]cnc2c1ncn2C[C@H]1CC[C@@H](CO)C1. The van der Waals surface area contributed by atoms with Crippen LogP contribution in [0.3, 0.4) is 0 Å². The maximum Gasteiger partial charge on any atom is 0.278 e. The van der Waals surface area contributed by atoms with Crippen LogP contribution in [0.25, 0.3) is 11.2 Å². The van der Waals surface area contributed by atoms with E-state index in [1.54, 1.807) is 6.33 Å². The Morgan fingerprint density at radius 3 is 3.00 bits per heavy atom. The molecular weight excluding hydrogens is 232 g/mol. The predicted octanol–water partition coefficient (Wildman–Crippen LogP) is 0.528. The van der Waals surface area contributed by atoms with E-state index in [0.29, 0.717) is 23.0 Å². The van der Waals surface area contributed by atoms with Crippen LogP contribution in [0.1, 0.15) is 19.3 Å². The van der Waals surface area contributed by atoms with Crippen LogP contribution in [0, 0.1) is 11.8 Å². The second kappa shape index (κ2) is 4.53. The quantitative estimate of drug-likeness (QED) is 0.829. The van der Waals surface area contributed by atoms with Crippen molar-refractivity contribution in [3.63, 3.8) is 0 Å². The minimum atomic E-state index is -0.196. The zero-order valence-electron chi connectivity index (χ0n) is 10.0. The van der Waals surface area contributed by atoms with Crippen LogP contribution in [0.2, 0.25) is 0 Å². The Bertz CT molecular complexity index is 603. The first-order valence-corrected chi connectivity index (χ1v) is 6.27. The van der Waals surface area contributed by atoms with Crippen LogP contribution in [0.15, 0.2) is 17.4 Å². The zero-order valence-corrected chi connectivity index (χ0v) is 10.0. The summed E-state index contributed by atoms with van der Waals surface area (Å²) in [5.74, 6) is 0.974. The maximum absolute atomic E-state index is 11.5. The van der Waals surface area contributed by atoms with Crippen LogP contribution in [-0.4, -0.2) is 31.2 Å². The van der Waals surface area contributed by atoms with Crippen LogP contribution >= 0.6 is 0 Å². The van der Waals surface area contributed by atoms with Crippen molar-refractivity contribution in [2.45, 2.75) is 25.8 Å². The number of aliphatic hydroxyl groups excluding tert-OH is 1. The van der Waals surface area contributed by atoms with Crippen molar-refractivity contribution in [3.05, 3.63) is 23.0 Å². The monoisotopic (exact) mass is 248 g/mol. The summed E-state index contributed by atoms with van der Waals surface area (Å²) in [6, 6.07) is 0. The van der Waals surface area contributed by atoms with Crippen molar-refractivity contribution >= 4 is 11.2 Å². The lowest BCUT2D eigenvalue weighted by Crippen LogP contribution is -2.11. The minimum Gasteiger partial charge on any atom is -0.396 e. The van der Waals surface area contributed by atoms with Crippen LogP contribution < -0.4 is 5.56 Å². The van der Waals surface area contributed by atoms with Gasteiger partial charge < -0.3 is 14.7 Å². The summed E-state index contributed by atoms with van der Waals surface area (Å²) < 4.78 is 1.94. The van der Waals surface area contributed by atoms with Gasteiger partial charge in [-0.15, -0.1) is 0 Å². The number of fused-ring (bicyclic) bond motifs is 1. The molecule has 0 saturated heterocycles. The number of rotatable bonds is 3. The van der Waals surface area contributed by atoms with E-state index in [4.69, 9.17) is 5.11 Å². The maximum atomic E-state index is 11.5. The third kappa shape index (κ3) is 1.92. The van der Waals surface area contributed by atoms with E-state index in [9.17, 15) is 4.79 Å². The Morgan fingerprint density at radius 1 is 1.39 bits per heavy atom. The van der Waals surface area contributed by atoms with E-state index in [1.807, 2.05) is 4.57 Å². The molecule has 0 unspecified atom stereocenters. The van der Waals surface area contributed by atoms with Gasteiger partial charge in [0.1, 0.15) is 0 Å². The highest BCUT2D eigenvalue weighted by Crippen LogP contribution is 2.31. The largest absolute Gasteiger partial charge is 0.396 e. The predicted molar refractivity (Wildman–Crippen MR) is 66.1 cm³/mol. The van der Waals surface area contributed by atoms with Gasteiger partial charge in [0, 0.05) is 13.2 Å².